The van der Waals surface area contributed by atoms with Crippen LogP contribution in [0, 0.1) is 18.8 Å². The van der Waals surface area contributed by atoms with Gasteiger partial charge in [0.1, 0.15) is 11.6 Å². The number of nitrogens with one attached hydrogen (secondary N) is 2. The Morgan fingerprint density at radius 1 is 0.966 bits per heavy atom. The smallest absolute Gasteiger partial charge is 0.254 e. The lowest BCUT2D eigenvalue weighted by atomic mass is 9.76. The number of aryl methyl sites for hydroxylation is 1. The van der Waals surface area contributed by atoms with Gasteiger partial charge in [0.15, 0.2) is 0 Å². The zero-order chi connectivity index (χ0) is 20.4. The molecule has 0 aromatic carbocycles. The van der Waals surface area contributed by atoms with E-state index in [1.807, 2.05) is 6.20 Å². The highest BCUT2D eigenvalue weighted by molar-refractivity contribution is 5.14. The Hall–Kier alpha value is -2.24. The summed E-state index contributed by atoms with van der Waals surface area (Å²) in [4.78, 5) is 39.2. The topological polar surface area (TPSA) is 91.5 Å². The highest BCUT2D eigenvalue weighted by Gasteiger charge is 2.26. The Morgan fingerprint density at radius 2 is 1.69 bits per heavy atom. The quantitative estimate of drug-likeness (QED) is 0.773. The van der Waals surface area contributed by atoms with Gasteiger partial charge in [0.25, 0.3) is 11.1 Å². The van der Waals surface area contributed by atoms with Crippen molar-refractivity contribution < 1.29 is 0 Å². The van der Waals surface area contributed by atoms with Gasteiger partial charge in [-0.3, -0.25) is 9.59 Å². The molecule has 2 fully saturated rings. The number of nitrogens with zero attached hydrogens (tertiary/aromatic N) is 2. The van der Waals surface area contributed by atoms with Crippen LogP contribution in [-0.4, -0.2) is 19.9 Å². The minimum absolute atomic E-state index is 0.0281. The van der Waals surface area contributed by atoms with E-state index in [0.717, 1.165) is 55.7 Å². The van der Waals surface area contributed by atoms with E-state index in [2.05, 4.69) is 26.9 Å². The van der Waals surface area contributed by atoms with Gasteiger partial charge in [-0.25, -0.2) is 9.97 Å². The van der Waals surface area contributed by atoms with Crippen LogP contribution in [0.3, 0.4) is 0 Å². The molecule has 4 rings (SSSR count). The largest absolute Gasteiger partial charge is 0.310 e. The molecule has 156 valence electrons. The molecule has 0 bridgehead atoms. The summed E-state index contributed by atoms with van der Waals surface area (Å²) >= 11 is 0. The van der Waals surface area contributed by atoms with Crippen LogP contribution >= 0.6 is 0 Å². The lowest BCUT2D eigenvalue weighted by molar-refractivity contribution is 0.251. The fourth-order valence-corrected chi connectivity index (χ4v) is 4.83. The van der Waals surface area contributed by atoms with E-state index in [-0.39, 0.29) is 17.0 Å². The van der Waals surface area contributed by atoms with Crippen LogP contribution in [0.25, 0.3) is 0 Å². The molecule has 0 amide bonds. The summed E-state index contributed by atoms with van der Waals surface area (Å²) in [6.07, 6.45) is 13.6. The number of hydrogen-bond acceptors (Lipinski definition) is 4. The molecular formula is C23H32N4O2. The minimum Gasteiger partial charge on any atom is -0.310 e. The van der Waals surface area contributed by atoms with Gasteiger partial charge in [-0.15, -0.1) is 0 Å². The summed E-state index contributed by atoms with van der Waals surface area (Å²) in [6, 6.07) is 0. The number of aromatic amines is 2. The molecule has 2 aromatic rings. The summed E-state index contributed by atoms with van der Waals surface area (Å²) in [5.41, 5.74) is 1.52. The molecule has 0 saturated heterocycles. The Balaban J connectivity index is 1.29. The van der Waals surface area contributed by atoms with E-state index in [1.165, 1.54) is 19.3 Å². The first-order valence-electron chi connectivity index (χ1n) is 11.1. The minimum atomic E-state index is -0.0281. The third kappa shape index (κ3) is 4.68. The van der Waals surface area contributed by atoms with E-state index in [1.54, 1.807) is 13.1 Å². The predicted octanol–water partition coefficient (Wildman–Crippen LogP) is 3.97. The molecular weight excluding hydrogens is 364 g/mol. The second-order valence-corrected chi connectivity index (χ2v) is 9.25. The lowest BCUT2D eigenvalue weighted by Gasteiger charge is -2.30. The van der Waals surface area contributed by atoms with Gasteiger partial charge in [0.05, 0.1) is 0 Å². The van der Waals surface area contributed by atoms with E-state index in [0.29, 0.717) is 23.3 Å². The second-order valence-electron chi connectivity index (χ2n) is 9.25. The second kappa shape index (κ2) is 8.64. The van der Waals surface area contributed by atoms with E-state index in [9.17, 15) is 9.59 Å². The van der Waals surface area contributed by atoms with Gasteiger partial charge >= 0.3 is 0 Å². The van der Waals surface area contributed by atoms with Crippen LogP contribution in [0.4, 0.5) is 0 Å². The van der Waals surface area contributed by atoms with Crippen LogP contribution in [0.15, 0.2) is 22.0 Å². The molecule has 2 saturated carbocycles. The van der Waals surface area contributed by atoms with Crippen molar-refractivity contribution in [2.24, 2.45) is 11.8 Å². The van der Waals surface area contributed by atoms with Gasteiger partial charge in [0, 0.05) is 35.9 Å². The average Bonchev–Trinajstić information content (AvgIpc) is 2.65. The van der Waals surface area contributed by atoms with Crippen LogP contribution in [0.1, 0.15) is 92.9 Å². The Morgan fingerprint density at radius 3 is 2.31 bits per heavy atom. The van der Waals surface area contributed by atoms with Crippen molar-refractivity contribution in [2.45, 2.75) is 83.5 Å². The molecule has 2 aliphatic carbocycles. The molecule has 6 heteroatoms. The highest BCUT2D eigenvalue weighted by Crippen LogP contribution is 2.36. The molecule has 6 nitrogen and oxygen atoms in total. The molecule has 2 aliphatic rings. The van der Waals surface area contributed by atoms with Crippen molar-refractivity contribution >= 4 is 0 Å². The fourth-order valence-electron chi connectivity index (χ4n) is 4.83. The van der Waals surface area contributed by atoms with Crippen molar-refractivity contribution in [3.05, 3.63) is 55.9 Å². The van der Waals surface area contributed by atoms with Crippen molar-refractivity contribution in [2.75, 3.05) is 0 Å². The van der Waals surface area contributed by atoms with Crippen LogP contribution in [0.5, 0.6) is 0 Å². The molecule has 0 aliphatic heterocycles. The van der Waals surface area contributed by atoms with Crippen molar-refractivity contribution in [1.29, 1.82) is 0 Å². The zero-order valence-electron chi connectivity index (χ0n) is 17.5. The molecule has 1 unspecified atom stereocenters. The van der Waals surface area contributed by atoms with Crippen molar-refractivity contribution in [3.8, 4) is 0 Å². The first-order valence-corrected chi connectivity index (χ1v) is 11.1. The Bertz CT molecular complexity index is 952. The molecule has 29 heavy (non-hydrogen) atoms. The molecule has 2 N–H and O–H groups in total. The highest BCUT2D eigenvalue weighted by atomic mass is 16.1. The summed E-state index contributed by atoms with van der Waals surface area (Å²) in [5.74, 6) is 3.61. The Kier molecular flexibility index (Phi) is 5.97. The van der Waals surface area contributed by atoms with Crippen LogP contribution in [0.2, 0.25) is 0 Å². The van der Waals surface area contributed by atoms with Crippen LogP contribution in [-0.2, 0) is 6.42 Å². The van der Waals surface area contributed by atoms with Gasteiger partial charge in [0.2, 0.25) is 0 Å². The molecule has 0 radical (unpaired) electrons. The van der Waals surface area contributed by atoms with Gasteiger partial charge in [-0.2, -0.15) is 0 Å². The first-order chi connectivity index (χ1) is 14.0. The van der Waals surface area contributed by atoms with E-state index >= 15 is 0 Å². The molecule has 2 heterocycles. The monoisotopic (exact) mass is 396 g/mol. The molecule has 0 spiro atoms. The fraction of sp³-hybridized carbons (Fsp3) is 0.652. The third-order valence-corrected chi connectivity index (χ3v) is 7.03. The summed E-state index contributed by atoms with van der Waals surface area (Å²) in [5, 5.41) is 0. The van der Waals surface area contributed by atoms with Crippen molar-refractivity contribution in [3.63, 3.8) is 0 Å². The summed E-state index contributed by atoms with van der Waals surface area (Å²) < 4.78 is 0. The number of hydrogen-bond donors (Lipinski definition) is 2. The SMILES string of the molecule is Cc1cnc(CC2CCC(CC(C)c3cnc(C4CCC4)[nH]c3=O)CC2)[nH]c1=O. The predicted molar refractivity (Wildman–Crippen MR) is 113 cm³/mol. The Labute approximate surface area is 171 Å². The number of rotatable bonds is 6. The maximum atomic E-state index is 12.5. The maximum absolute atomic E-state index is 12.5. The van der Waals surface area contributed by atoms with E-state index < -0.39 is 0 Å². The number of aromatic nitrogens is 4. The lowest BCUT2D eigenvalue weighted by Crippen LogP contribution is -2.24. The van der Waals surface area contributed by atoms with Gasteiger partial charge < -0.3 is 9.97 Å². The van der Waals surface area contributed by atoms with Gasteiger partial charge in [-0.1, -0.05) is 26.2 Å². The number of H-pyrrole nitrogens is 2. The normalized spacial score (nSPS) is 23.5. The van der Waals surface area contributed by atoms with E-state index in [4.69, 9.17) is 0 Å². The molecule has 2 aromatic heterocycles. The average molecular weight is 397 g/mol. The first kappa shape index (κ1) is 20.0. The summed E-state index contributed by atoms with van der Waals surface area (Å²) in [7, 11) is 0. The van der Waals surface area contributed by atoms with Gasteiger partial charge in [-0.05, 0) is 56.8 Å². The van der Waals surface area contributed by atoms with Crippen molar-refractivity contribution in [1.82, 2.24) is 19.9 Å². The summed E-state index contributed by atoms with van der Waals surface area (Å²) in [6.45, 7) is 3.94. The zero-order valence-corrected chi connectivity index (χ0v) is 17.5. The third-order valence-electron chi connectivity index (χ3n) is 7.03. The standard InChI is InChI=1S/C23H32N4O2/c1-14(19-13-25-21(27-23(19)29)18-4-3-5-18)10-16-6-8-17(9-7-16)11-20-24-12-15(2)22(28)26-20/h12-14,16-18H,3-11H2,1-2H3,(H,24,26,28)(H,25,27,29). The molecule has 1 atom stereocenters. The maximum Gasteiger partial charge on any atom is 0.254 e. The van der Waals surface area contributed by atoms with Crippen LogP contribution < -0.4 is 11.1 Å².